The Morgan fingerprint density at radius 2 is 1.92 bits per heavy atom. The van der Waals surface area contributed by atoms with Crippen LogP contribution in [-0.2, 0) is 4.79 Å². The third kappa shape index (κ3) is 2.99. The second-order valence-electron chi connectivity index (χ2n) is 6.79. The molecule has 0 saturated heterocycles. The Labute approximate surface area is 153 Å². The molecule has 0 bridgehead atoms. The lowest BCUT2D eigenvalue weighted by atomic mass is 9.89. The van der Waals surface area contributed by atoms with E-state index in [1.807, 2.05) is 47.4 Å². The Bertz CT molecular complexity index is 903. The fourth-order valence-electron chi connectivity index (χ4n) is 3.81. The number of nitrogens with one attached hydrogen (secondary N) is 1. The highest BCUT2D eigenvalue weighted by atomic mass is 16.3. The molecule has 1 N–H and O–H groups in total. The van der Waals surface area contributed by atoms with Crippen LogP contribution >= 0.6 is 0 Å². The summed E-state index contributed by atoms with van der Waals surface area (Å²) in [5, 5.41) is 3.63. The Kier molecular flexibility index (Phi) is 4.25. The van der Waals surface area contributed by atoms with E-state index >= 15 is 0 Å². The molecule has 2 aromatic carbocycles. The minimum absolute atomic E-state index is 0.0719. The topological polar surface area (TPSA) is 45.5 Å². The van der Waals surface area contributed by atoms with Crippen molar-refractivity contribution >= 4 is 17.3 Å². The lowest BCUT2D eigenvalue weighted by molar-refractivity contribution is -0.117. The number of hydrogen-bond acceptors (Lipinski definition) is 3. The summed E-state index contributed by atoms with van der Waals surface area (Å²) in [5.41, 5.74) is 4.19. The third-order valence-corrected chi connectivity index (χ3v) is 4.94. The number of anilines is 2. The van der Waals surface area contributed by atoms with Crippen LogP contribution in [0.25, 0.3) is 11.3 Å². The van der Waals surface area contributed by atoms with Crippen molar-refractivity contribution in [1.82, 2.24) is 0 Å². The summed E-state index contributed by atoms with van der Waals surface area (Å²) in [4.78, 5) is 14.1. The molecular weight excluding hydrogens is 324 g/mol. The number of para-hydroxylation sites is 1. The van der Waals surface area contributed by atoms with Crippen LogP contribution in [0.4, 0.5) is 11.4 Å². The van der Waals surface area contributed by atoms with Crippen molar-refractivity contribution in [3.63, 3.8) is 0 Å². The van der Waals surface area contributed by atoms with Crippen LogP contribution < -0.4 is 10.2 Å². The quantitative estimate of drug-likeness (QED) is 0.705. The number of fused-ring (bicyclic) bond motifs is 1. The average molecular weight is 346 g/mol. The van der Waals surface area contributed by atoms with E-state index in [1.54, 1.807) is 13.2 Å². The summed E-state index contributed by atoms with van der Waals surface area (Å²) in [7, 11) is 0. The van der Waals surface area contributed by atoms with Gasteiger partial charge < -0.3 is 14.6 Å². The lowest BCUT2D eigenvalue weighted by Gasteiger charge is -2.39. The highest BCUT2D eigenvalue weighted by molar-refractivity contribution is 5.94. The van der Waals surface area contributed by atoms with Crippen molar-refractivity contribution in [1.29, 1.82) is 0 Å². The van der Waals surface area contributed by atoms with Gasteiger partial charge in [0.2, 0.25) is 5.91 Å². The number of furan rings is 1. The molecule has 2 atom stereocenters. The minimum atomic E-state index is 0.0719. The molecule has 3 aromatic rings. The van der Waals surface area contributed by atoms with Gasteiger partial charge in [0.25, 0.3) is 0 Å². The van der Waals surface area contributed by atoms with E-state index in [4.69, 9.17) is 4.42 Å². The molecule has 0 saturated carbocycles. The summed E-state index contributed by atoms with van der Waals surface area (Å²) in [5.74, 6) is 0.905. The maximum absolute atomic E-state index is 12.2. The summed E-state index contributed by atoms with van der Waals surface area (Å²) >= 11 is 0. The van der Waals surface area contributed by atoms with Crippen LogP contribution in [0, 0.1) is 0 Å². The maximum atomic E-state index is 12.2. The molecule has 1 aromatic heterocycles. The summed E-state index contributed by atoms with van der Waals surface area (Å²) in [6.07, 6.45) is 2.53. The number of amides is 1. The van der Waals surface area contributed by atoms with Crippen molar-refractivity contribution in [3.05, 3.63) is 72.5 Å². The van der Waals surface area contributed by atoms with Crippen LogP contribution in [0.15, 0.2) is 71.3 Å². The summed E-state index contributed by atoms with van der Waals surface area (Å²) in [6, 6.07) is 20.5. The van der Waals surface area contributed by atoms with Gasteiger partial charge in [0, 0.05) is 29.9 Å². The standard InChI is InChI=1S/C22H22N2O2/c1-15-13-20(23-18-7-4-3-5-8-18)19-14-17(22-9-6-12-26-22)10-11-21(19)24(15)16(2)25/h3-12,14-15,20,23H,13H2,1-2H3/t15-,20-/m1/s1. The van der Waals surface area contributed by atoms with Crippen molar-refractivity contribution in [2.45, 2.75) is 32.4 Å². The van der Waals surface area contributed by atoms with E-state index in [0.29, 0.717) is 0 Å². The first-order valence-corrected chi connectivity index (χ1v) is 8.92. The smallest absolute Gasteiger partial charge is 0.224 e. The van der Waals surface area contributed by atoms with Gasteiger partial charge in [0.05, 0.1) is 12.3 Å². The van der Waals surface area contributed by atoms with E-state index in [-0.39, 0.29) is 18.0 Å². The monoisotopic (exact) mass is 346 g/mol. The molecule has 0 unspecified atom stereocenters. The Morgan fingerprint density at radius 3 is 2.62 bits per heavy atom. The molecule has 0 spiro atoms. The SMILES string of the molecule is CC(=O)N1c2ccc(-c3ccco3)cc2[C@H](Nc2ccccc2)C[C@H]1C. The molecule has 4 heteroatoms. The first kappa shape index (κ1) is 16.5. The molecule has 26 heavy (non-hydrogen) atoms. The van der Waals surface area contributed by atoms with Crippen LogP contribution in [-0.4, -0.2) is 11.9 Å². The second-order valence-corrected chi connectivity index (χ2v) is 6.79. The van der Waals surface area contributed by atoms with E-state index in [2.05, 4.69) is 30.4 Å². The normalized spacial score (nSPS) is 19.1. The van der Waals surface area contributed by atoms with Gasteiger partial charge in [-0.15, -0.1) is 0 Å². The van der Waals surface area contributed by atoms with Crippen LogP contribution in [0.3, 0.4) is 0 Å². The van der Waals surface area contributed by atoms with E-state index in [9.17, 15) is 4.79 Å². The van der Waals surface area contributed by atoms with Gasteiger partial charge in [-0.1, -0.05) is 18.2 Å². The van der Waals surface area contributed by atoms with E-state index in [1.165, 1.54) is 0 Å². The predicted octanol–water partition coefficient (Wildman–Crippen LogP) is 5.24. The highest BCUT2D eigenvalue weighted by Crippen LogP contribution is 2.41. The molecule has 2 heterocycles. The Hall–Kier alpha value is -3.01. The van der Waals surface area contributed by atoms with Gasteiger partial charge in [0.15, 0.2) is 0 Å². The van der Waals surface area contributed by atoms with E-state index in [0.717, 1.165) is 34.7 Å². The Morgan fingerprint density at radius 1 is 1.12 bits per heavy atom. The van der Waals surface area contributed by atoms with Crippen molar-refractivity contribution in [3.8, 4) is 11.3 Å². The number of hydrogen-bond donors (Lipinski definition) is 1. The van der Waals surface area contributed by atoms with Crippen LogP contribution in [0.1, 0.15) is 31.9 Å². The molecule has 4 nitrogen and oxygen atoms in total. The molecule has 0 radical (unpaired) electrons. The van der Waals surface area contributed by atoms with Gasteiger partial charge in [-0.25, -0.2) is 0 Å². The fourth-order valence-corrected chi connectivity index (χ4v) is 3.81. The predicted molar refractivity (Wildman–Crippen MR) is 104 cm³/mol. The highest BCUT2D eigenvalue weighted by Gasteiger charge is 2.32. The first-order valence-electron chi connectivity index (χ1n) is 8.92. The van der Waals surface area contributed by atoms with Gasteiger partial charge in [-0.05, 0) is 61.4 Å². The first-order chi connectivity index (χ1) is 12.6. The summed E-state index contributed by atoms with van der Waals surface area (Å²) in [6.45, 7) is 3.73. The zero-order chi connectivity index (χ0) is 18.1. The van der Waals surface area contributed by atoms with Crippen LogP contribution in [0.5, 0.6) is 0 Å². The largest absolute Gasteiger partial charge is 0.464 e. The lowest BCUT2D eigenvalue weighted by Crippen LogP contribution is -2.43. The Balaban J connectivity index is 1.78. The van der Waals surface area contributed by atoms with E-state index < -0.39 is 0 Å². The van der Waals surface area contributed by atoms with Crippen molar-refractivity contribution in [2.24, 2.45) is 0 Å². The molecule has 1 aliphatic rings. The molecule has 0 aliphatic carbocycles. The fraction of sp³-hybridized carbons (Fsp3) is 0.227. The number of nitrogens with zero attached hydrogens (tertiary/aromatic N) is 1. The maximum Gasteiger partial charge on any atom is 0.224 e. The van der Waals surface area contributed by atoms with Gasteiger partial charge in [0.1, 0.15) is 5.76 Å². The van der Waals surface area contributed by atoms with Gasteiger partial charge >= 0.3 is 0 Å². The molecule has 1 aliphatic heterocycles. The van der Waals surface area contributed by atoms with Crippen molar-refractivity contribution in [2.75, 3.05) is 10.2 Å². The average Bonchev–Trinajstić information content (AvgIpc) is 3.16. The van der Waals surface area contributed by atoms with Crippen molar-refractivity contribution < 1.29 is 9.21 Å². The molecular formula is C22H22N2O2. The number of carbonyl (C=O) groups excluding carboxylic acids is 1. The molecule has 0 fully saturated rings. The molecule has 132 valence electrons. The van der Waals surface area contributed by atoms with Gasteiger partial charge in [-0.3, -0.25) is 4.79 Å². The number of rotatable bonds is 3. The minimum Gasteiger partial charge on any atom is -0.464 e. The second kappa shape index (κ2) is 6.71. The third-order valence-electron chi connectivity index (χ3n) is 4.94. The summed E-state index contributed by atoms with van der Waals surface area (Å²) < 4.78 is 5.56. The van der Waals surface area contributed by atoms with Gasteiger partial charge in [-0.2, -0.15) is 0 Å². The number of carbonyl (C=O) groups is 1. The molecule has 4 rings (SSSR count). The van der Waals surface area contributed by atoms with Crippen LogP contribution in [0.2, 0.25) is 0 Å². The zero-order valence-corrected chi connectivity index (χ0v) is 15.0. The number of benzene rings is 2. The molecule has 1 amide bonds. The zero-order valence-electron chi connectivity index (χ0n) is 15.0.